The van der Waals surface area contributed by atoms with Gasteiger partial charge in [-0.3, -0.25) is 0 Å². The van der Waals surface area contributed by atoms with Gasteiger partial charge < -0.3 is 5.11 Å². The van der Waals surface area contributed by atoms with Crippen molar-refractivity contribution < 1.29 is 5.11 Å². The van der Waals surface area contributed by atoms with E-state index in [9.17, 15) is 5.11 Å². The zero-order valence-electron chi connectivity index (χ0n) is 7.96. The zero-order valence-corrected chi connectivity index (χ0v) is 9.53. The number of hydrogen-bond acceptors (Lipinski definition) is 2. The quantitative estimate of drug-likeness (QED) is 0.814. The van der Waals surface area contributed by atoms with Gasteiger partial charge in [0.15, 0.2) is 0 Å². The summed E-state index contributed by atoms with van der Waals surface area (Å²) in [5, 5.41) is 12.6. The third-order valence-electron chi connectivity index (χ3n) is 2.41. The fourth-order valence-corrected chi connectivity index (χ4v) is 2.71. The van der Waals surface area contributed by atoms with Gasteiger partial charge in [0.2, 0.25) is 0 Å². The molecule has 0 saturated heterocycles. The molecule has 1 rings (SSSR count). The molecule has 0 bridgehead atoms. The molecule has 0 spiro atoms. The second kappa shape index (κ2) is 4.99. The van der Waals surface area contributed by atoms with Crippen molar-refractivity contribution in [2.45, 2.75) is 32.8 Å². The van der Waals surface area contributed by atoms with Crippen molar-refractivity contribution in [1.82, 2.24) is 0 Å². The highest BCUT2D eigenvalue weighted by Crippen LogP contribution is 2.35. The highest BCUT2D eigenvalue weighted by atomic mass is 35.5. The molecule has 0 aliphatic carbocycles. The SMILES string of the molecule is CCC(CC)C(O)c1sccc1Cl. The molecule has 0 aromatic carbocycles. The van der Waals surface area contributed by atoms with E-state index in [1.54, 1.807) is 0 Å². The number of rotatable bonds is 4. The third kappa shape index (κ3) is 2.46. The number of aliphatic hydroxyl groups excluding tert-OH is 1. The molecule has 1 unspecified atom stereocenters. The van der Waals surface area contributed by atoms with E-state index in [2.05, 4.69) is 13.8 Å². The van der Waals surface area contributed by atoms with Gasteiger partial charge in [-0.15, -0.1) is 11.3 Å². The predicted octanol–water partition coefficient (Wildman–Crippen LogP) is 3.87. The minimum absolute atomic E-state index is 0.330. The molecule has 13 heavy (non-hydrogen) atoms. The Morgan fingerprint density at radius 3 is 2.46 bits per heavy atom. The van der Waals surface area contributed by atoms with E-state index in [0.29, 0.717) is 10.9 Å². The first-order valence-electron chi connectivity index (χ1n) is 4.61. The number of hydrogen-bond donors (Lipinski definition) is 1. The highest BCUT2D eigenvalue weighted by molar-refractivity contribution is 7.10. The van der Waals surface area contributed by atoms with Gasteiger partial charge >= 0.3 is 0 Å². The molecule has 0 aliphatic heterocycles. The van der Waals surface area contributed by atoms with Crippen LogP contribution in [0.1, 0.15) is 37.7 Å². The Kier molecular flexibility index (Phi) is 4.23. The highest BCUT2D eigenvalue weighted by Gasteiger charge is 2.20. The van der Waals surface area contributed by atoms with Gasteiger partial charge in [0, 0.05) is 0 Å². The summed E-state index contributed by atoms with van der Waals surface area (Å²) in [6, 6.07) is 1.84. The second-order valence-electron chi connectivity index (χ2n) is 3.15. The van der Waals surface area contributed by atoms with E-state index in [0.717, 1.165) is 17.7 Å². The lowest BCUT2D eigenvalue weighted by atomic mass is 9.96. The van der Waals surface area contributed by atoms with E-state index in [4.69, 9.17) is 11.6 Å². The Balaban J connectivity index is 2.77. The van der Waals surface area contributed by atoms with Crippen molar-refractivity contribution in [2.75, 3.05) is 0 Å². The summed E-state index contributed by atoms with van der Waals surface area (Å²) in [5.74, 6) is 0.330. The third-order valence-corrected chi connectivity index (χ3v) is 3.84. The summed E-state index contributed by atoms with van der Waals surface area (Å²) in [7, 11) is 0. The lowest BCUT2D eigenvalue weighted by Crippen LogP contribution is -2.09. The average Bonchev–Trinajstić information content (AvgIpc) is 2.53. The monoisotopic (exact) mass is 218 g/mol. The minimum atomic E-state index is -0.387. The van der Waals surface area contributed by atoms with Gasteiger partial charge in [-0.1, -0.05) is 38.3 Å². The van der Waals surface area contributed by atoms with E-state index in [1.165, 1.54) is 11.3 Å². The van der Waals surface area contributed by atoms with Gasteiger partial charge in [0.05, 0.1) is 16.0 Å². The van der Waals surface area contributed by atoms with Crippen LogP contribution in [0.3, 0.4) is 0 Å². The van der Waals surface area contributed by atoms with E-state index in [-0.39, 0.29) is 6.10 Å². The normalized spacial score (nSPS) is 13.6. The number of halogens is 1. The van der Waals surface area contributed by atoms with Crippen molar-refractivity contribution in [1.29, 1.82) is 0 Å². The summed E-state index contributed by atoms with van der Waals surface area (Å²) in [6.45, 7) is 4.19. The van der Waals surface area contributed by atoms with Gasteiger partial charge in [0.25, 0.3) is 0 Å². The molecule has 1 atom stereocenters. The fraction of sp³-hybridized carbons (Fsp3) is 0.600. The smallest absolute Gasteiger partial charge is 0.0924 e. The molecule has 0 amide bonds. The molecule has 0 saturated carbocycles. The Morgan fingerprint density at radius 1 is 1.46 bits per heavy atom. The Bertz CT molecular complexity index is 255. The van der Waals surface area contributed by atoms with Crippen LogP contribution in [0.25, 0.3) is 0 Å². The molecule has 0 radical (unpaired) electrons. The van der Waals surface area contributed by atoms with E-state index < -0.39 is 0 Å². The fourth-order valence-electron chi connectivity index (χ4n) is 1.47. The molecular formula is C10H15ClOS. The van der Waals surface area contributed by atoms with Gasteiger partial charge in [-0.2, -0.15) is 0 Å². The molecular weight excluding hydrogens is 204 g/mol. The maximum absolute atomic E-state index is 9.98. The van der Waals surface area contributed by atoms with Crippen LogP contribution in [0.4, 0.5) is 0 Å². The topological polar surface area (TPSA) is 20.2 Å². The lowest BCUT2D eigenvalue weighted by molar-refractivity contribution is 0.107. The van der Waals surface area contributed by atoms with Crippen LogP contribution in [0, 0.1) is 5.92 Å². The molecule has 1 N–H and O–H groups in total. The molecule has 1 aromatic heterocycles. The summed E-state index contributed by atoms with van der Waals surface area (Å²) in [5.41, 5.74) is 0. The molecule has 1 nitrogen and oxygen atoms in total. The van der Waals surface area contributed by atoms with Crippen LogP contribution in [0.2, 0.25) is 5.02 Å². The summed E-state index contributed by atoms with van der Waals surface area (Å²) >= 11 is 7.48. The zero-order chi connectivity index (χ0) is 9.84. The first-order valence-corrected chi connectivity index (χ1v) is 5.87. The van der Waals surface area contributed by atoms with Crippen LogP contribution in [-0.4, -0.2) is 5.11 Å². The number of aliphatic hydroxyl groups is 1. The maximum Gasteiger partial charge on any atom is 0.0924 e. The molecule has 3 heteroatoms. The van der Waals surface area contributed by atoms with Crippen LogP contribution in [-0.2, 0) is 0 Å². The molecule has 74 valence electrons. The summed E-state index contributed by atoms with van der Waals surface area (Å²) in [4.78, 5) is 0.912. The Labute approximate surface area is 88.4 Å². The number of thiophene rings is 1. The molecule has 1 aromatic rings. The predicted molar refractivity (Wildman–Crippen MR) is 58.4 cm³/mol. The van der Waals surface area contributed by atoms with Crippen molar-refractivity contribution in [3.8, 4) is 0 Å². The van der Waals surface area contributed by atoms with Gasteiger partial charge in [-0.25, -0.2) is 0 Å². The second-order valence-corrected chi connectivity index (χ2v) is 4.51. The standard InChI is InChI=1S/C10H15ClOS/c1-3-7(4-2)9(12)10-8(11)5-6-13-10/h5-7,9,12H,3-4H2,1-2H3. The summed E-state index contributed by atoms with van der Waals surface area (Å²) < 4.78 is 0. The first-order chi connectivity index (χ1) is 6.20. The summed E-state index contributed by atoms with van der Waals surface area (Å²) in [6.07, 6.45) is 1.60. The van der Waals surface area contributed by atoms with E-state index >= 15 is 0 Å². The Hall–Kier alpha value is -0.0500. The van der Waals surface area contributed by atoms with E-state index in [1.807, 2.05) is 11.4 Å². The van der Waals surface area contributed by atoms with Crippen LogP contribution in [0.5, 0.6) is 0 Å². The largest absolute Gasteiger partial charge is 0.387 e. The van der Waals surface area contributed by atoms with Gasteiger partial charge in [0.1, 0.15) is 0 Å². The molecule has 1 heterocycles. The molecule has 0 fully saturated rings. The minimum Gasteiger partial charge on any atom is -0.387 e. The first kappa shape index (κ1) is 11.0. The van der Waals surface area contributed by atoms with Gasteiger partial charge in [-0.05, 0) is 17.4 Å². The lowest BCUT2D eigenvalue weighted by Gasteiger charge is -2.18. The molecule has 0 aliphatic rings. The van der Waals surface area contributed by atoms with Crippen LogP contribution < -0.4 is 0 Å². The average molecular weight is 219 g/mol. The maximum atomic E-state index is 9.98. The van der Waals surface area contributed by atoms with Crippen molar-refractivity contribution in [2.24, 2.45) is 5.92 Å². The van der Waals surface area contributed by atoms with Crippen LogP contribution in [0.15, 0.2) is 11.4 Å². The van der Waals surface area contributed by atoms with Crippen molar-refractivity contribution in [3.05, 3.63) is 21.3 Å². The van der Waals surface area contributed by atoms with Crippen molar-refractivity contribution >= 4 is 22.9 Å². The Morgan fingerprint density at radius 2 is 2.08 bits per heavy atom. The van der Waals surface area contributed by atoms with Crippen LogP contribution >= 0.6 is 22.9 Å². The van der Waals surface area contributed by atoms with Crippen molar-refractivity contribution in [3.63, 3.8) is 0 Å².